The molecule has 1 unspecified atom stereocenters. The zero-order valence-corrected chi connectivity index (χ0v) is 8.72. The van der Waals surface area contributed by atoms with Gasteiger partial charge in [0.1, 0.15) is 0 Å². The summed E-state index contributed by atoms with van der Waals surface area (Å²) in [5.41, 5.74) is 2.45. The molecule has 0 saturated carbocycles. The van der Waals surface area contributed by atoms with Crippen LogP contribution in [-0.4, -0.2) is 18.3 Å². The van der Waals surface area contributed by atoms with Gasteiger partial charge in [-0.2, -0.15) is 0 Å². The van der Waals surface area contributed by atoms with E-state index in [-0.39, 0.29) is 6.61 Å². The van der Waals surface area contributed by atoms with Crippen LogP contribution in [0.25, 0.3) is 0 Å². The topological polar surface area (TPSA) is 32.3 Å². The average molecular weight is 212 g/mol. The minimum atomic E-state index is 0.266. The first-order chi connectivity index (χ1) is 6.79. The lowest BCUT2D eigenvalue weighted by Crippen LogP contribution is -2.23. The van der Waals surface area contributed by atoms with Crippen molar-refractivity contribution < 1.29 is 5.11 Å². The monoisotopic (exact) mass is 211 g/mol. The van der Waals surface area contributed by atoms with E-state index in [0.717, 1.165) is 24.4 Å². The third kappa shape index (κ3) is 2.02. The summed E-state index contributed by atoms with van der Waals surface area (Å²) in [6, 6.07) is 5.93. The van der Waals surface area contributed by atoms with E-state index in [0.29, 0.717) is 5.92 Å². The van der Waals surface area contributed by atoms with Crippen molar-refractivity contribution >= 4 is 17.3 Å². The number of benzene rings is 1. The molecule has 1 aliphatic heterocycles. The Morgan fingerprint density at radius 2 is 2.36 bits per heavy atom. The quantitative estimate of drug-likeness (QED) is 0.787. The van der Waals surface area contributed by atoms with E-state index >= 15 is 0 Å². The lowest BCUT2D eigenvalue weighted by atomic mass is 9.92. The van der Waals surface area contributed by atoms with Gasteiger partial charge in [-0.3, -0.25) is 0 Å². The highest BCUT2D eigenvalue weighted by Crippen LogP contribution is 2.28. The summed E-state index contributed by atoms with van der Waals surface area (Å²) in [6.45, 7) is 1.22. The van der Waals surface area contributed by atoms with Gasteiger partial charge < -0.3 is 10.4 Å². The molecule has 1 aromatic carbocycles. The molecular formula is C11H14ClNO. The summed E-state index contributed by atoms with van der Waals surface area (Å²) in [5.74, 6) is 0.533. The van der Waals surface area contributed by atoms with Gasteiger partial charge in [-0.1, -0.05) is 11.6 Å². The fourth-order valence-electron chi connectivity index (χ4n) is 1.93. The first-order valence-corrected chi connectivity index (χ1v) is 5.30. The largest absolute Gasteiger partial charge is 0.396 e. The molecule has 0 aliphatic carbocycles. The van der Waals surface area contributed by atoms with E-state index in [9.17, 15) is 0 Å². The minimum Gasteiger partial charge on any atom is -0.396 e. The van der Waals surface area contributed by atoms with E-state index in [1.54, 1.807) is 0 Å². The smallest absolute Gasteiger partial charge is 0.0434 e. The summed E-state index contributed by atoms with van der Waals surface area (Å²) >= 11 is 5.92. The standard InChI is InChI=1S/C11H14ClNO/c12-10-1-2-11-9(6-10)5-8(3-4-14)7-13-11/h1-2,6,8,13-14H,3-5,7H2. The molecule has 1 heterocycles. The molecular weight excluding hydrogens is 198 g/mol. The van der Waals surface area contributed by atoms with Crippen LogP contribution in [0.3, 0.4) is 0 Å². The number of nitrogens with one attached hydrogen (secondary N) is 1. The van der Waals surface area contributed by atoms with Crippen molar-refractivity contribution in [3.05, 3.63) is 28.8 Å². The van der Waals surface area contributed by atoms with Crippen molar-refractivity contribution in [2.75, 3.05) is 18.5 Å². The van der Waals surface area contributed by atoms with Crippen molar-refractivity contribution in [3.63, 3.8) is 0 Å². The Balaban J connectivity index is 2.16. The van der Waals surface area contributed by atoms with Gasteiger partial charge in [-0.15, -0.1) is 0 Å². The van der Waals surface area contributed by atoms with Crippen LogP contribution in [-0.2, 0) is 6.42 Å². The summed E-state index contributed by atoms with van der Waals surface area (Å²) in [5, 5.41) is 13.0. The van der Waals surface area contributed by atoms with Gasteiger partial charge in [-0.05, 0) is 42.5 Å². The third-order valence-electron chi connectivity index (χ3n) is 2.69. The SMILES string of the molecule is OCCC1CNc2ccc(Cl)cc2C1. The second-order valence-electron chi connectivity index (χ2n) is 3.76. The Morgan fingerprint density at radius 1 is 1.50 bits per heavy atom. The Labute approximate surface area is 88.9 Å². The molecule has 0 fully saturated rings. The zero-order chi connectivity index (χ0) is 9.97. The second kappa shape index (κ2) is 4.20. The van der Waals surface area contributed by atoms with Crippen molar-refractivity contribution in [2.45, 2.75) is 12.8 Å². The number of aliphatic hydroxyl groups excluding tert-OH is 1. The Kier molecular flexibility index (Phi) is 2.94. The predicted octanol–water partition coefficient (Wildman–Crippen LogP) is 2.31. The number of hydrogen-bond acceptors (Lipinski definition) is 2. The van der Waals surface area contributed by atoms with Gasteiger partial charge in [0.2, 0.25) is 0 Å². The van der Waals surface area contributed by atoms with Crippen LogP contribution in [0.1, 0.15) is 12.0 Å². The highest BCUT2D eigenvalue weighted by molar-refractivity contribution is 6.30. The van der Waals surface area contributed by atoms with Crippen molar-refractivity contribution in [1.29, 1.82) is 0 Å². The van der Waals surface area contributed by atoms with E-state index in [4.69, 9.17) is 16.7 Å². The first kappa shape index (κ1) is 9.81. The molecule has 76 valence electrons. The van der Waals surface area contributed by atoms with Gasteiger partial charge in [0.25, 0.3) is 0 Å². The van der Waals surface area contributed by atoms with Crippen LogP contribution in [0, 0.1) is 5.92 Å². The lowest BCUT2D eigenvalue weighted by Gasteiger charge is -2.25. The molecule has 0 radical (unpaired) electrons. The molecule has 0 aromatic heterocycles. The number of halogens is 1. The lowest BCUT2D eigenvalue weighted by molar-refractivity contribution is 0.258. The average Bonchev–Trinajstić information content (AvgIpc) is 2.17. The highest BCUT2D eigenvalue weighted by Gasteiger charge is 2.17. The first-order valence-electron chi connectivity index (χ1n) is 4.93. The maximum Gasteiger partial charge on any atom is 0.0434 e. The third-order valence-corrected chi connectivity index (χ3v) is 2.93. The van der Waals surface area contributed by atoms with E-state index in [1.807, 2.05) is 18.2 Å². The van der Waals surface area contributed by atoms with Crippen LogP contribution in [0.4, 0.5) is 5.69 Å². The second-order valence-corrected chi connectivity index (χ2v) is 4.20. The number of rotatable bonds is 2. The summed E-state index contributed by atoms with van der Waals surface area (Å²) < 4.78 is 0. The molecule has 14 heavy (non-hydrogen) atoms. The van der Waals surface area contributed by atoms with Gasteiger partial charge in [0.05, 0.1) is 0 Å². The van der Waals surface area contributed by atoms with Gasteiger partial charge in [-0.25, -0.2) is 0 Å². The van der Waals surface area contributed by atoms with E-state index in [2.05, 4.69) is 5.32 Å². The van der Waals surface area contributed by atoms with Crippen LogP contribution in [0.5, 0.6) is 0 Å². The maximum atomic E-state index is 8.87. The van der Waals surface area contributed by atoms with Gasteiger partial charge >= 0.3 is 0 Å². The van der Waals surface area contributed by atoms with Crippen molar-refractivity contribution in [3.8, 4) is 0 Å². The van der Waals surface area contributed by atoms with Crippen molar-refractivity contribution in [1.82, 2.24) is 0 Å². The fraction of sp³-hybridized carbons (Fsp3) is 0.455. The molecule has 2 nitrogen and oxygen atoms in total. The molecule has 0 spiro atoms. The van der Waals surface area contributed by atoms with Crippen LogP contribution < -0.4 is 5.32 Å². The Bertz CT molecular complexity index is 327. The van der Waals surface area contributed by atoms with Gasteiger partial charge in [0, 0.05) is 23.9 Å². The normalized spacial score (nSPS) is 20.0. The number of aliphatic hydroxyl groups is 1. The molecule has 1 atom stereocenters. The molecule has 1 aliphatic rings. The zero-order valence-electron chi connectivity index (χ0n) is 7.96. The van der Waals surface area contributed by atoms with Crippen LogP contribution >= 0.6 is 11.6 Å². The Hall–Kier alpha value is -0.730. The fourth-order valence-corrected chi connectivity index (χ4v) is 2.12. The van der Waals surface area contributed by atoms with E-state index < -0.39 is 0 Å². The summed E-state index contributed by atoms with van der Waals surface area (Å²) in [4.78, 5) is 0. The maximum absolute atomic E-state index is 8.87. The molecule has 0 bridgehead atoms. The molecule has 3 heteroatoms. The number of fused-ring (bicyclic) bond motifs is 1. The van der Waals surface area contributed by atoms with Gasteiger partial charge in [0.15, 0.2) is 0 Å². The predicted molar refractivity (Wildman–Crippen MR) is 58.8 cm³/mol. The van der Waals surface area contributed by atoms with Crippen LogP contribution in [0.15, 0.2) is 18.2 Å². The molecule has 2 rings (SSSR count). The Morgan fingerprint density at radius 3 is 3.14 bits per heavy atom. The molecule has 1 aromatic rings. The minimum absolute atomic E-state index is 0.266. The molecule has 0 amide bonds. The van der Waals surface area contributed by atoms with Crippen molar-refractivity contribution in [2.24, 2.45) is 5.92 Å². The van der Waals surface area contributed by atoms with Crippen LogP contribution in [0.2, 0.25) is 5.02 Å². The molecule has 0 saturated heterocycles. The highest BCUT2D eigenvalue weighted by atomic mass is 35.5. The van der Waals surface area contributed by atoms with E-state index in [1.165, 1.54) is 11.3 Å². The molecule has 2 N–H and O–H groups in total. The summed E-state index contributed by atoms with van der Waals surface area (Å²) in [6.07, 6.45) is 1.88. The summed E-state index contributed by atoms with van der Waals surface area (Å²) in [7, 11) is 0. The number of hydrogen-bond donors (Lipinski definition) is 2. The number of anilines is 1.